The lowest BCUT2D eigenvalue weighted by Gasteiger charge is -2.09. The van der Waals surface area contributed by atoms with Gasteiger partial charge in [-0.15, -0.1) is 11.3 Å². The molecule has 0 unspecified atom stereocenters. The molecule has 0 saturated carbocycles. The monoisotopic (exact) mass is 393 g/mol. The van der Waals surface area contributed by atoms with Gasteiger partial charge in [0.1, 0.15) is 6.54 Å². The molecule has 2 aromatic carbocycles. The number of nitrogens with zero attached hydrogens (tertiary/aromatic N) is 1. The van der Waals surface area contributed by atoms with Crippen LogP contribution in [0.25, 0.3) is 11.1 Å². The van der Waals surface area contributed by atoms with Gasteiger partial charge >= 0.3 is 5.76 Å². The van der Waals surface area contributed by atoms with E-state index in [1.54, 1.807) is 60.7 Å². The van der Waals surface area contributed by atoms with Crippen LogP contribution in [0, 0.1) is 0 Å². The Morgan fingerprint density at radius 3 is 2.54 bits per heavy atom. The predicted molar refractivity (Wildman–Crippen MR) is 108 cm³/mol. The lowest BCUT2D eigenvalue weighted by molar-refractivity contribution is -0.116. The molecule has 7 nitrogen and oxygen atoms in total. The van der Waals surface area contributed by atoms with Crippen molar-refractivity contribution in [3.8, 4) is 0 Å². The quantitative estimate of drug-likeness (QED) is 0.542. The van der Waals surface area contributed by atoms with E-state index in [0.717, 1.165) is 0 Å². The number of oxazole rings is 1. The van der Waals surface area contributed by atoms with Gasteiger partial charge in [-0.05, 0) is 41.8 Å². The first-order valence-corrected chi connectivity index (χ1v) is 9.31. The Balaban J connectivity index is 1.47. The summed E-state index contributed by atoms with van der Waals surface area (Å²) in [5.74, 6) is -1.18. The molecule has 0 radical (unpaired) electrons. The van der Waals surface area contributed by atoms with E-state index in [-0.39, 0.29) is 18.4 Å². The summed E-state index contributed by atoms with van der Waals surface area (Å²) in [6.45, 7) is -0.179. The third-order valence-electron chi connectivity index (χ3n) is 4.02. The number of para-hydroxylation sites is 2. The van der Waals surface area contributed by atoms with Crippen LogP contribution in [0.3, 0.4) is 0 Å². The molecule has 2 heterocycles. The van der Waals surface area contributed by atoms with E-state index in [0.29, 0.717) is 27.4 Å². The van der Waals surface area contributed by atoms with E-state index in [1.165, 1.54) is 15.9 Å². The number of benzene rings is 2. The van der Waals surface area contributed by atoms with Crippen molar-refractivity contribution in [2.24, 2.45) is 0 Å². The molecule has 0 aliphatic rings. The average Bonchev–Trinajstić information content (AvgIpc) is 3.31. The fraction of sp³-hybridized carbons (Fsp3) is 0.0500. The number of fused-ring (bicyclic) bond motifs is 1. The molecule has 0 bridgehead atoms. The van der Waals surface area contributed by atoms with Crippen molar-refractivity contribution in [3.05, 3.63) is 81.5 Å². The number of hydrogen-bond acceptors (Lipinski definition) is 5. The maximum atomic E-state index is 12.4. The molecule has 2 N–H and O–H groups in total. The van der Waals surface area contributed by atoms with Crippen LogP contribution in [-0.4, -0.2) is 16.4 Å². The maximum Gasteiger partial charge on any atom is 0.420 e. The number of nitrogens with one attached hydrogen (secondary N) is 2. The Labute approximate surface area is 163 Å². The minimum Gasteiger partial charge on any atom is -0.408 e. The summed E-state index contributed by atoms with van der Waals surface area (Å²) in [5, 5.41) is 7.34. The van der Waals surface area contributed by atoms with Gasteiger partial charge in [0.25, 0.3) is 5.91 Å². The standard InChI is InChI=1S/C20H15N3O4S/c24-18(12-23-15-7-1-2-8-16(15)27-20(23)26)21-13-5-3-6-14(11-13)22-19(25)17-9-4-10-28-17/h1-11H,12H2,(H,21,24)(H,22,25). The number of amides is 2. The van der Waals surface area contributed by atoms with Crippen molar-refractivity contribution in [2.45, 2.75) is 6.54 Å². The third-order valence-corrected chi connectivity index (χ3v) is 4.89. The van der Waals surface area contributed by atoms with Crippen molar-refractivity contribution >= 4 is 45.6 Å². The Kier molecular flexibility index (Phi) is 4.77. The van der Waals surface area contributed by atoms with Gasteiger partial charge in [-0.3, -0.25) is 14.2 Å². The van der Waals surface area contributed by atoms with Crippen LogP contribution >= 0.6 is 11.3 Å². The molecule has 4 rings (SSSR count). The van der Waals surface area contributed by atoms with E-state index in [2.05, 4.69) is 10.6 Å². The Bertz CT molecular complexity index is 1210. The first-order valence-electron chi connectivity index (χ1n) is 8.43. The molecule has 0 aliphatic carbocycles. The highest BCUT2D eigenvalue weighted by Crippen LogP contribution is 2.18. The average molecular weight is 393 g/mol. The van der Waals surface area contributed by atoms with Gasteiger partial charge in [-0.25, -0.2) is 4.79 Å². The molecule has 0 saturated heterocycles. The number of hydrogen-bond donors (Lipinski definition) is 2. The third kappa shape index (κ3) is 3.72. The van der Waals surface area contributed by atoms with Crippen LogP contribution in [0.4, 0.5) is 11.4 Å². The molecule has 8 heteroatoms. The van der Waals surface area contributed by atoms with Crippen molar-refractivity contribution in [3.63, 3.8) is 0 Å². The van der Waals surface area contributed by atoms with Crippen LogP contribution in [-0.2, 0) is 11.3 Å². The normalized spacial score (nSPS) is 10.7. The summed E-state index contributed by atoms with van der Waals surface area (Å²) in [4.78, 5) is 37.1. The summed E-state index contributed by atoms with van der Waals surface area (Å²) in [5.41, 5.74) is 2.05. The molecule has 0 aliphatic heterocycles. The molecular weight excluding hydrogens is 378 g/mol. The first kappa shape index (κ1) is 17.7. The van der Waals surface area contributed by atoms with Crippen LogP contribution in [0.15, 0.2) is 75.3 Å². The smallest absolute Gasteiger partial charge is 0.408 e. The zero-order chi connectivity index (χ0) is 19.5. The van der Waals surface area contributed by atoms with Gasteiger partial charge in [-0.2, -0.15) is 0 Å². The predicted octanol–water partition coefficient (Wildman–Crippen LogP) is 3.55. The summed E-state index contributed by atoms with van der Waals surface area (Å²) < 4.78 is 6.40. The molecule has 2 aromatic heterocycles. The zero-order valence-corrected chi connectivity index (χ0v) is 15.4. The highest BCUT2D eigenvalue weighted by Gasteiger charge is 2.13. The molecule has 28 heavy (non-hydrogen) atoms. The van der Waals surface area contributed by atoms with Gasteiger partial charge in [0, 0.05) is 11.4 Å². The minimum atomic E-state index is -0.590. The van der Waals surface area contributed by atoms with E-state index in [9.17, 15) is 14.4 Å². The molecular formula is C20H15N3O4S. The van der Waals surface area contributed by atoms with Crippen LogP contribution in [0.1, 0.15) is 9.67 Å². The SMILES string of the molecule is O=C(Cn1c(=O)oc2ccccc21)Nc1cccc(NC(=O)c2cccs2)c1. The van der Waals surface area contributed by atoms with Gasteiger partial charge in [-0.1, -0.05) is 24.3 Å². The highest BCUT2D eigenvalue weighted by atomic mass is 32.1. The molecule has 0 fully saturated rings. The number of carbonyl (C=O) groups excluding carboxylic acids is 2. The maximum absolute atomic E-state index is 12.4. The Morgan fingerprint density at radius 1 is 0.964 bits per heavy atom. The van der Waals surface area contributed by atoms with Crippen molar-refractivity contribution in [1.82, 2.24) is 4.57 Å². The number of rotatable bonds is 5. The minimum absolute atomic E-state index is 0.179. The van der Waals surface area contributed by atoms with Gasteiger partial charge < -0.3 is 15.1 Å². The number of aromatic nitrogens is 1. The van der Waals surface area contributed by atoms with Crippen LogP contribution in [0.2, 0.25) is 0 Å². The molecule has 140 valence electrons. The van der Waals surface area contributed by atoms with E-state index in [1.807, 2.05) is 5.38 Å². The fourth-order valence-corrected chi connectivity index (χ4v) is 3.40. The lowest BCUT2D eigenvalue weighted by atomic mass is 10.2. The Hall–Kier alpha value is -3.65. The summed E-state index contributed by atoms with van der Waals surface area (Å²) in [6, 6.07) is 17.3. The van der Waals surface area contributed by atoms with E-state index < -0.39 is 5.76 Å². The summed E-state index contributed by atoms with van der Waals surface area (Å²) in [7, 11) is 0. The van der Waals surface area contributed by atoms with Gasteiger partial charge in [0.15, 0.2) is 5.58 Å². The molecule has 0 atom stereocenters. The number of thiophene rings is 1. The summed E-state index contributed by atoms with van der Waals surface area (Å²) in [6.07, 6.45) is 0. The number of anilines is 2. The fourth-order valence-electron chi connectivity index (χ4n) is 2.78. The van der Waals surface area contributed by atoms with Crippen LogP contribution in [0.5, 0.6) is 0 Å². The highest BCUT2D eigenvalue weighted by molar-refractivity contribution is 7.12. The largest absolute Gasteiger partial charge is 0.420 e. The van der Waals surface area contributed by atoms with E-state index in [4.69, 9.17) is 4.42 Å². The van der Waals surface area contributed by atoms with Crippen molar-refractivity contribution in [2.75, 3.05) is 10.6 Å². The van der Waals surface area contributed by atoms with Gasteiger partial charge in [0.05, 0.1) is 10.4 Å². The number of carbonyl (C=O) groups is 2. The first-order chi connectivity index (χ1) is 13.6. The van der Waals surface area contributed by atoms with Gasteiger partial charge in [0.2, 0.25) is 5.91 Å². The molecule has 4 aromatic rings. The second-order valence-electron chi connectivity index (χ2n) is 5.98. The molecule has 2 amide bonds. The molecule has 0 spiro atoms. The lowest BCUT2D eigenvalue weighted by Crippen LogP contribution is -2.24. The topological polar surface area (TPSA) is 93.3 Å². The van der Waals surface area contributed by atoms with Crippen LogP contribution < -0.4 is 16.4 Å². The second kappa shape index (κ2) is 7.53. The van der Waals surface area contributed by atoms with E-state index >= 15 is 0 Å². The zero-order valence-electron chi connectivity index (χ0n) is 14.5. The van der Waals surface area contributed by atoms with Crippen molar-refractivity contribution in [1.29, 1.82) is 0 Å². The Morgan fingerprint density at radius 2 is 1.75 bits per heavy atom. The van der Waals surface area contributed by atoms with Crippen molar-refractivity contribution < 1.29 is 14.0 Å². The second-order valence-corrected chi connectivity index (χ2v) is 6.93. The summed E-state index contributed by atoms with van der Waals surface area (Å²) >= 11 is 1.35.